The lowest BCUT2D eigenvalue weighted by Gasteiger charge is -2.16. The average molecular weight is 244 g/mol. The molecule has 4 heteroatoms. The molecule has 1 aliphatic carbocycles. The highest BCUT2D eigenvalue weighted by Crippen LogP contribution is 2.08. The Labute approximate surface area is 108 Å². The summed E-state index contributed by atoms with van der Waals surface area (Å²) in [5.74, 6) is 0.872. The minimum Gasteiger partial charge on any atom is -0.357 e. The fourth-order valence-electron chi connectivity index (χ4n) is 1.90. The van der Waals surface area contributed by atoms with Gasteiger partial charge in [0.25, 0.3) is 0 Å². The zero-order valence-corrected chi connectivity index (χ0v) is 10.8. The number of aromatic nitrogens is 1. The molecule has 0 radical (unpaired) electrons. The van der Waals surface area contributed by atoms with Crippen molar-refractivity contribution in [3.05, 3.63) is 42.2 Å². The predicted octanol–water partition coefficient (Wildman–Crippen LogP) is 1.86. The Balaban J connectivity index is 1.91. The van der Waals surface area contributed by atoms with Gasteiger partial charge in [0.15, 0.2) is 5.96 Å². The van der Waals surface area contributed by atoms with Crippen LogP contribution in [0.1, 0.15) is 25.5 Å². The SMILES string of the molecule is CCNC(=NCc1ccccn1)NC1CC=CC1. The van der Waals surface area contributed by atoms with Gasteiger partial charge in [-0.05, 0) is 31.9 Å². The fraction of sp³-hybridized carbons (Fsp3) is 0.429. The molecule has 0 aliphatic heterocycles. The quantitative estimate of drug-likeness (QED) is 0.483. The number of pyridine rings is 1. The Morgan fingerprint density at radius 2 is 2.22 bits per heavy atom. The summed E-state index contributed by atoms with van der Waals surface area (Å²) in [4.78, 5) is 8.82. The molecule has 0 unspecified atom stereocenters. The summed E-state index contributed by atoms with van der Waals surface area (Å²) in [5, 5.41) is 6.70. The van der Waals surface area contributed by atoms with E-state index in [-0.39, 0.29) is 0 Å². The topological polar surface area (TPSA) is 49.3 Å². The summed E-state index contributed by atoms with van der Waals surface area (Å²) in [7, 11) is 0. The number of nitrogens with zero attached hydrogens (tertiary/aromatic N) is 2. The summed E-state index contributed by atoms with van der Waals surface area (Å²) < 4.78 is 0. The zero-order valence-electron chi connectivity index (χ0n) is 10.8. The van der Waals surface area contributed by atoms with Crippen molar-refractivity contribution in [2.24, 2.45) is 4.99 Å². The van der Waals surface area contributed by atoms with Crippen molar-refractivity contribution in [3.63, 3.8) is 0 Å². The van der Waals surface area contributed by atoms with E-state index in [1.165, 1.54) is 0 Å². The highest BCUT2D eigenvalue weighted by Gasteiger charge is 2.11. The van der Waals surface area contributed by atoms with Gasteiger partial charge in [-0.1, -0.05) is 18.2 Å². The third-order valence-electron chi connectivity index (χ3n) is 2.82. The molecule has 2 N–H and O–H groups in total. The molecule has 1 aliphatic rings. The standard InChI is InChI=1S/C14H20N4/c1-2-15-14(18-12-7-3-4-8-12)17-11-13-9-5-6-10-16-13/h3-6,9-10,12H,2,7-8,11H2,1H3,(H2,15,17,18). The molecule has 0 saturated carbocycles. The molecule has 1 aromatic rings. The minimum absolute atomic E-state index is 0.478. The van der Waals surface area contributed by atoms with E-state index in [1.54, 1.807) is 6.20 Å². The normalized spacial score (nSPS) is 15.9. The van der Waals surface area contributed by atoms with Gasteiger partial charge in [-0.15, -0.1) is 0 Å². The van der Waals surface area contributed by atoms with E-state index < -0.39 is 0 Å². The number of hydrogen-bond donors (Lipinski definition) is 2. The second-order valence-corrected chi connectivity index (χ2v) is 4.30. The molecule has 0 bridgehead atoms. The first-order valence-electron chi connectivity index (χ1n) is 6.48. The van der Waals surface area contributed by atoms with Gasteiger partial charge in [-0.25, -0.2) is 4.99 Å². The van der Waals surface area contributed by atoms with Gasteiger partial charge in [-0.2, -0.15) is 0 Å². The van der Waals surface area contributed by atoms with Crippen LogP contribution in [-0.2, 0) is 6.54 Å². The Hall–Kier alpha value is -1.84. The van der Waals surface area contributed by atoms with E-state index in [0.29, 0.717) is 12.6 Å². The molecule has 0 spiro atoms. The number of guanidine groups is 1. The molecule has 2 rings (SSSR count). The Kier molecular flexibility index (Phi) is 4.76. The summed E-state index contributed by atoms with van der Waals surface area (Å²) >= 11 is 0. The maximum atomic E-state index is 4.55. The second-order valence-electron chi connectivity index (χ2n) is 4.30. The number of hydrogen-bond acceptors (Lipinski definition) is 2. The monoisotopic (exact) mass is 244 g/mol. The smallest absolute Gasteiger partial charge is 0.191 e. The van der Waals surface area contributed by atoms with Crippen molar-refractivity contribution in [1.29, 1.82) is 0 Å². The molecule has 0 saturated heterocycles. The molecule has 4 nitrogen and oxygen atoms in total. The first-order valence-corrected chi connectivity index (χ1v) is 6.48. The molecule has 0 aromatic carbocycles. The van der Waals surface area contributed by atoms with Crippen LogP contribution in [0.2, 0.25) is 0 Å². The number of nitrogens with one attached hydrogen (secondary N) is 2. The fourth-order valence-corrected chi connectivity index (χ4v) is 1.90. The molecule has 1 heterocycles. The highest BCUT2D eigenvalue weighted by atomic mass is 15.2. The first kappa shape index (κ1) is 12.6. The average Bonchev–Trinajstić information content (AvgIpc) is 2.90. The van der Waals surface area contributed by atoms with E-state index in [1.807, 2.05) is 18.2 Å². The van der Waals surface area contributed by atoms with Crippen molar-refractivity contribution in [1.82, 2.24) is 15.6 Å². The van der Waals surface area contributed by atoms with Gasteiger partial charge >= 0.3 is 0 Å². The maximum Gasteiger partial charge on any atom is 0.191 e. The summed E-state index contributed by atoms with van der Waals surface area (Å²) in [6, 6.07) is 6.37. The van der Waals surface area contributed by atoms with Crippen LogP contribution < -0.4 is 10.6 Å². The van der Waals surface area contributed by atoms with Crippen LogP contribution in [0.15, 0.2) is 41.5 Å². The van der Waals surface area contributed by atoms with Crippen molar-refractivity contribution in [2.75, 3.05) is 6.54 Å². The van der Waals surface area contributed by atoms with E-state index in [2.05, 4.69) is 39.7 Å². The van der Waals surface area contributed by atoms with Crippen LogP contribution in [0, 0.1) is 0 Å². The van der Waals surface area contributed by atoms with Crippen LogP contribution in [0.5, 0.6) is 0 Å². The van der Waals surface area contributed by atoms with Crippen LogP contribution in [0.3, 0.4) is 0 Å². The molecular formula is C14H20N4. The van der Waals surface area contributed by atoms with Gasteiger partial charge in [0.2, 0.25) is 0 Å². The Morgan fingerprint density at radius 1 is 1.39 bits per heavy atom. The van der Waals surface area contributed by atoms with E-state index in [0.717, 1.165) is 31.0 Å². The molecule has 0 atom stereocenters. The van der Waals surface area contributed by atoms with Crippen molar-refractivity contribution < 1.29 is 0 Å². The van der Waals surface area contributed by atoms with E-state index in [4.69, 9.17) is 0 Å². The number of aliphatic imine (C=N–C) groups is 1. The van der Waals surface area contributed by atoms with Crippen molar-refractivity contribution in [2.45, 2.75) is 32.4 Å². The van der Waals surface area contributed by atoms with Crippen LogP contribution >= 0.6 is 0 Å². The lowest BCUT2D eigenvalue weighted by Crippen LogP contribution is -2.42. The van der Waals surface area contributed by atoms with Crippen molar-refractivity contribution in [3.8, 4) is 0 Å². The Bertz CT molecular complexity index is 403. The number of rotatable bonds is 4. The predicted molar refractivity (Wildman–Crippen MR) is 74.4 cm³/mol. The second kappa shape index (κ2) is 6.79. The van der Waals surface area contributed by atoms with Gasteiger partial charge in [0.05, 0.1) is 12.2 Å². The minimum atomic E-state index is 0.478. The maximum absolute atomic E-state index is 4.55. The largest absolute Gasteiger partial charge is 0.357 e. The van der Waals surface area contributed by atoms with Crippen LogP contribution in [0.4, 0.5) is 0 Å². The van der Waals surface area contributed by atoms with Gasteiger partial charge < -0.3 is 10.6 Å². The van der Waals surface area contributed by atoms with Crippen LogP contribution in [0.25, 0.3) is 0 Å². The molecule has 96 valence electrons. The third kappa shape index (κ3) is 3.87. The van der Waals surface area contributed by atoms with Gasteiger partial charge in [0.1, 0.15) is 0 Å². The summed E-state index contributed by atoms with van der Waals surface area (Å²) in [5.41, 5.74) is 0.985. The molecule has 0 amide bonds. The molecule has 1 aromatic heterocycles. The molecule has 18 heavy (non-hydrogen) atoms. The Morgan fingerprint density at radius 3 is 2.89 bits per heavy atom. The lowest BCUT2D eigenvalue weighted by molar-refractivity contribution is 0.633. The summed E-state index contributed by atoms with van der Waals surface area (Å²) in [6.45, 7) is 3.55. The summed E-state index contributed by atoms with van der Waals surface area (Å²) in [6.07, 6.45) is 8.37. The van der Waals surface area contributed by atoms with Crippen LogP contribution in [-0.4, -0.2) is 23.5 Å². The molecular weight excluding hydrogens is 224 g/mol. The molecule has 0 fully saturated rings. The van der Waals surface area contributed by atoms with E-state index >= 15 is 0 Å². The van der Waals surface area contributed by atoms with Gasteiger partial charge in [-0.3, -0.25) is 4.98 Å². The first-order chi connectivity index (χ1) is 8.88. The third-order valence-corrected chi connectivity index (χ3v) is 2.82. The van der Waals surface area contributed by atoms with Crippen molar-refractivity contribution >= 4 is 5.96 Å². The van der Waals surface area contributed by atoms with Gasteiger partial charge in [0, 0.05) is 18.8 Å². The zero-order chi connectivity index (χ0) is 12.6. The van der Waals surface area contributed by atoms with E-state index in [9.17, 15) is 0 Å². The highest BCUT2D eigenvalue weighted by molar-refractivity contribution is 5.80. The lowest BCUT2D eigenvalue weighted by atomic mass is 10.2.